The number of thioether (sulfide) groups is 1. The van der Waals surface area contributed by atoms with E-state index in [9.17, 15) is 14.9 Å². The third kappa shape index (κ3) is 4.26. The van der Waals surface area contributed by atoms with E-state index in [1.807, 2.05) is 19.2 Å². The topological polar surface area (TPSA) is 92.1 Å². The molecule has 0 saturated heterocycles. The SMILES string of the molecule is CCCNC(=O)[C@@H](C)OC(=O)c1cc(C2CC2)nc(SC)c1C#N. The summed E-state index contributed by atoms with van der Waals surface area (Å²) in [6, 6.07) is 3.67. The maximum atomic E-state index is 12.5. The standard InChI is InChI=1S/C17H21N3O3S/c1-4-7-19-15(21)10(2)23-17(22)12-8-14(11-5-6-11)20-16(24-3)13(12)9-18/h8,10-11H,4-7H2,1-3H3,(H,19,21)/t10-/m1/s1. The fourth-order valence-electron chi connectivity index (χ4n) is 2.22. The summed E-state index contributed by atoms with van der Waals surface area (Å²) in [7, 11) is 0. The molecule has 128 valence electrons. The van der Waals surface area contributed by atoms with Gasteiger partial charge in [-0.05, 0) is 38.5 Å². The molecule has 0 spiro atoms. The summed E-state index contributed by atoms with van der Waals surface area (Å²) in [4.78, 5) is 28.8. The second-order valence-corrected chi connectivity index (χ2v) is 6.50. The summed E-state index contributed by atoms with van der Waals surface area (Å²) in [6.45, 7) is 3.99. The van der Waals surface area contributed by atoms with E-state index in [4.69, 9.17) is 4.74 Å². The number of pyridine rings is 1. The highest BCUT2D eigenvalue weighted by Gasteiger charge is 2.29. The molecule has 0 aromatic carbocycles. The van der Waals surface area contributed by atoms with Crippen molar-refractivity contribution in [1.29, 1.82) is 5.26 Å². The zero-order valence-corrected chi connectivity index (χ0v) is 14.9. The van der Waals surface area contributed by atoms with Gasteiger partial charge in [0.1, 0.15) is 11.1 Å². The van der Waals surface area contributed by atoms with Crippen molar-refractivity contribution in [3.05, 3.63) is 22.9 Å². The van der Waals surface area contributed by atoms with Gasteiger partial charge in [-0.25, -0.2) is 9.78 Å². The molecule has 7 heteroatoms. The highest BCUT2D eigenvalue weighted by molar-refractivity contribution is 7.98. The molecule has 1 aliphatic carbocycles. The second kappa shape index (κ2) is 8.15. The molecule has 1 aromatic heterocycles. The average molecular weight is 347 g/mol. The highest BCUT2D eigenvalue weighted by atomic mass is 32.2. The van der Waals surface area contributed by atoms with Crippen LogP contribution < -0.4 is 5.32 Å². The molecular weight excluding hydrogens is 326 g/mol. The van der Waals surface area contributed by atoms with E-state index < -0.39 is 12.1 Å². The highest BCUT2D eigenvalue weighted by Crippen LogP contribution is 2.40. The van der Waals surface area contributed by atoms with E-state index in [2.05, 4.69) is 10.3 Å². The Morgan fingerprint density at radius 3 is 2.79 bits per heavy atom. The Morgan fingerprint density at radius 1 is 1.54 bits per heavy atom. The van der Waals surface area contributed by atoms with E-state index in [1.54, 1.807) is 6.07 Å². The zero-order chi connectivity index (χ0) is 17.7. The Hall–Kier alpha value is -2.07. The second-order valence-electron chi connectivity index (χ2n) is 5.70. The Balaban J connectivity index is 2.23. The van der Waals surface area contributed by atoms with Gasteiger partial charge in [-0.2, -0.15) is 5.26 Å². The summed E-state index contributed by atoms with van der Waals surface area (Å²) < 4.78 is 5.25. The van der Waals surface area contributed by atoms with Gasteiger partial charge in [0, 0.05) is 18.2 Å². The lowest BCUT2D eigenvalue weighted by molar-refractivity contribution is -0.129. The lowest BCUT2D eigenvalue weighted by Gasteiger charge is -2.15. The number of nitrogens with one attached hydrogen (secondary N) is 1. The summed E-state index contributed by atoms with van der Waals surface area (Å²) in [5.41, 5.74) is 1.21. The maximum absolute atomic E-state index is 12.5. The molecule has 2 rings (SSSR count). The number of amides is 1. The molecule has 1 fully saturated rings. The van der Waals surface area contributed by atoms with Crippen LogP contribution in [0.2, 0.25) is 0 Å². The molecule has 1 heterocycles. The smallest absolute Gasteiger partial charge is 0.340 e. The summed E-state index contributed by atoms with van der Waals surface area (Å²) in [5.74, 6) is -0.656. The largest absolute Gasteiger partial charge is 0.449 e. The Labute approximate surface area is 146 Å². The summed E-state index contributed by atoms with van der Waals surface area (Å²) in [6.07, 6.45) is 3.78. The number of nitrogens with zero attached hydrogens (tertiary/aromatic N) is 2. The van der Waals surface area contributed by atoms with Crippen LogP contribution in [-0.4, -0.2) is 35.8 Å². The van der Waals surface area contributed by atoms with Crippen LogP contribution in [0.25, 0.3) is 0 Å². The van der Waals surface area contributed by atoms with Crippen LogP contribution in [0, 0.1) is 11.3 Å². The number of rotatable bonds is 7. The maximum Gasteiger partial charge on any atom is 0.340 e. The van der Waals surface area contributed by atoms with Crippen LogP contribution in [0.5, 0.6) is 0 Å². The summed E-state index contributed by atoms with van der Waals surface area (Å²) in [5, 5.41) is 12.6. The van der Waals surface area contributed by atoms with Gasteiger partial charge < -0.3 is 10.1 Å². The van der Waals surface area contributed by atoms with Crippen LogP contribution in [0.1, 0.15) is 60.6 Å². The molecule has 1 amide bonds. The fraction of sp³-hybridized carbons (Fsp3) is 0.529. The van der Waals surface area contributed by atoms with Gasteiger partial charge in [0.2, 0.25) is 0 Å². The van der Waals surface area contributed by atoms with E-state index in [0.717, 1.165) is 25.0 Å². The Kier molecular flexibility index (Phi) is 6.21. The molecule has 24 heavy (non-hydrogen) atoms. The third-order valence-corrected chi connectivity index (χ3v) is 4.41. The molecule has 0 unspecified atom stereocenters. The minimum atomic E-state index is -0.911. The van der Waals surface area contributed by atoms with Crippen molar-refractivity contribution in [2.24, 2.45) is 0 Å². The fourth-order valence-corrected chi connectivity index (χ4v) is 2.77. The number of carbonyl (C=O) groups excluding carboxylic acids is 2. The Morgan fingerprint density at radius 2 is 2.25 bits per heavy atom. The van der Waals surface area contributed by atoms with E-state index in [0.29, 0.717) is 17.5 Å². The number of nitriles is 1. The van der Waals surface area contributed by atoms with Gasteiger partial charge >= 0.3 is 5.97 Å². The van der Waals surface area contributed by atoms with E-state index in [-0.39, 0.29) is 17.0 Å². The van der Waals surface area contributed by atoms with Gasteiger partial charge in [0.25, 0.3) is 5.91 Å². The lowest BCUT2D eigenvalue weighted by atomic mass is 10.1. The molecule has 6 nitrogen and oxygen atoms in total. The first-order valence-electron chi connectivity index (χ1n) is 7.99. The van der Waals surface area contributed by atoms with Crippen molar-refractivity contribution in [1.82, 2.24) is 10.3 Å². The number of esters is 1. The number of ether oxygens (including phenoxy) is 1. The van der Waals surface area contributed by atoms with Crippen molar-refractivity contribution < 1.29 is 14.3 Å². The first-order chi connectivity index (χ1) is 11.5. The van der Waals surface area contributed by atoms with Crippen molar-refractivity contribution in [3.63, 3.8) is 0 Å². The molecule has 0 bridgehead atoms. The number of carbonyl (C=O) groups is 2. The van der Waals surface area contributed by atoms with Crippen molar-refractivity contribution in [2.75, 3.05) is 12.8 Å². The predicted octanol–water partition coefficient (Wildman–Crippen LogP) is 2.62. The van der Waals surface area contributed by atoms with Crippen molar-refractivity contribution >= 4 is 23.6 Å². The zero-order valence-electron chi connectivity index (χ0n) is 14.1. The molecule has 1 aromatic rings. The molecule has 1 N–H and O–H groups in total. The third-order valence-electron chi connectivity index (χ3n) is 3.73. The van der Waals surface area contributed by atoms with Crippen LogP contribution in [0.4, 0.5) is 0 Å². The van der Waals surface area contributed by atoms with Crippen LogP contribution in [0.15, 0.2) is 11.1 Å². The van der Waals surface area contributed by atoms with Crippen LogP contribution in [-0.2, 0) is 9.53 Å². The number of hydrogen-bond donors (Lipinski definition) is 1. The quantitative estimate of drug-likeness (QED) is 0.602. The first-order valence-corrected chi connectivity index (χ1v) is 9.22. The monoisotopic (exact) mass is 347 g/mol. The Bertz CT molecular complexity index is 680. The van der Waals surface area contributed by atoms with Crippen LogP contribution in [0.3, 0.4) is 0 Å². The van der Waals surface area contributed by atoms with E-state index >= 15 is 0 Å². The molecule has 1 aliphatic rings. The van der Waals surface area contributed by atoms with Gasteiger partial charge in [0.05, 0.1) is 11.1 Å². The molecular formula is C17H21N3O3S. The number of hydrogen-bond acceptors (Lipinski definition) is 6. The van der Waals surface area contributed by atoms with Crippen LogP contribution >= 0.6 is 11.8 Å². The molecule has 0 radical (unpaired) electrons. The minimum Gasteiger partial charge on any atom is -0.449 e. The molecule has 0 aliphatic heterocycles. The summed E-state index contributed by atoms with van der Waals surface area (Å²) >= 11 is 1.33. The molecule has 1 saturated carbocycles. The van der Waals surface area contributed by atoms with Crippen molar-refractivity contribution in [3.8, 4) is 6.07 Å². The number of aromatic nitrogens is 1. The van der Waals surface area contributed by atoms with Gasteiger partial charge in [-0.3, -0.25) is 4.79 Å². The van der Waals surface area contributed by atoms with Gasteiger partial charge in [-0.1, -0.05) is 6.92 Å². The normalized spacial score (nSPS) is 14.6. The van der Waals surface area contributed by atoms with Gasteiger partial charge in [-0.15, -0.1) is 11.8 Å². The lowest BCUT2D eigenvalue weighted by Crippen LogP contribution is -2.36. The minimum absolute atomic E-state index is 0.189. The predicted molar refractivity (Wildman–Crippen MR) is 90.9 cm³/mol. The molecule has 1 atom stereocenters. The van der Waals surface area contributed by atoms with E-state index in [1.165, 1.54) is 18.7 Å². The van der Waals surface area contributed by atoms with Crippen molar-refractivity contribution in [2.45, 2.75) is 50.2 Å². The average Bonchev–Trinajstić information content (AvgIpc) is 3.43. The van der Waals surface area contributed by atoms with Gasteiger partial charge in [0.15, 0.2) is 6.10 Å². The first kappa shape index (κ1) is 18.3.